The van der Waals surface area contributed by atoms with E-state index in [0.717, 1.165) is 31.9 Å². The van der Waals surface area contributed by atoms with Crippen molar-refractivity contribution in [2.45, 2.75) is 33.7 Å². The third kappa shape index (κ3) is 5.31. The SMILES string of the molecule is CCNCc1cccc(C)c1Pc1cccc(C)c1OCC1C=CC=CC1. The number of hydrogen-bond acceptors (Lipinski definition) is 2. The molecule has 3 rings (SSSR count). The Hall–Kier alpha value is -1.89. The van der Waals surface area contributed by atoms with Gasteiger partial charge in [0.25, 0.3) is 0 Å². The smallest absolute Gasteiger partial charge is 0.129 e. The molecule has 142 valence electrons. The van der Waals surface area contributed by atoms with E-state index in [0.29, 0.717) is 14.5 Å². The topological polar surface area (TPSA) is 21.3 Å². The Labute approximate surface area is 165 Å². The van der Waals surface area contributed by atoms with Gasteiger partial charge in [-0.05, 0) is 48.8 Å². The first-order chi connectivity index (χ1) is 13.2. The first-order valence-corrected chi connectivity index (χ1v) is 10.8. The normalized spacial score (nSPS) is 16.3. The van der Waals surface area contributed by atoms with E-state index in [9.17, 15) is 0 Å². The number of rotatable bonds is 8. The lowest BCUT2D eigenvalue weighted by Crippen LogP contribution is -2.21. The Morgan fingerprint density at radius 1 is 1.07 bits per heavy atom. The quantitative estimate of drug-likeness (QED) is 0.679. The number of aryl methyl sites for hydroxylation is 2. The molecular formula is C24H30NOP. The highest BCUT2D eigenvalue weighted by atomic mass is 31.1. The maximum Gasteiger partial charge on any atom is 0.129 e. The van der Waals surface area contributed by atoms with Crippen molar-refractivity contribution in [1.29, 1.82) is 0 Å². The van der Waals surface area contributed by atoms with Crippen LogP contribution < -0.4 is 20.7 Å². The van der Waals surface area contributed by atoms with Crippen molar-refractivity contribution in [2.75, 3.05) is 13.2 Å². The average molecular weight is 379 g/mol. The number of para-hydroxylation sites is 1. The van der Waals surface area contributed by atoms with E-state index < -0.39 is 0 Å². The molecule has 1 aliphatic rings. The average Bonchev–Trinajstić information content (AvgIpc) is 2.68. The van der Waals surface area contributed by atoms with Crippen LogP contribution >= 0.6 is 8.58 Å². The summed E-state index contributed by atoms with van der Waals surface area (Å²) >= 11 is 0. The minimum atomic E-state index is 0.466. The van der Waals surface area contributed by atoms with Crippen LogP contribution in [0.1, 0.15) is 30.0 Å². The number of ether oxygens (including phenoxy) is 1. The Bertz CT molecular complexity index is 825. The molecule has 2 aromatic rings. The Kier molecular flexibility index (Phi) is 7.26. The van der Waals surface area contributed by atoms with Crippen LogP contribution in [0.25, 0.3) is 0 Å². The van der Waals surface area contributed by atoms with Gasteiger partial charge in [-0.2, -0.15) is 0 Å². The summed E-state index contributed by atoms with van der Waals surface area (Å²) in [5.74, 6) is 1.53. The molecule has 0 spiro atoms. The molecule has 27 heavy (non-hydrogen) atoms. The summed E-state index contributed by atoms with van der Waals surface area (Å²) < 4.78 is 6.35. The van der Waals surface area contributed by atoms with E-state index in [4.69, 9.17) is 4.74 Å². The number of allylic oxidation sites excluding steroid dienone is 3. The zero-order chi connectivity index (χ0) is 19.1. The summed E-state index contributed by atoms with van der Waals surface area (Å²) in [6.07, 6.45) is 9.76. The van der Waals surface area contributed by atoms with E-state index in [1.807, 2.05) is 0 Å². The molecule has 0 amide bonds. The van der Waals surface area contributed by atoms with Gasteiger partial charge < -0.3 is 10.1 Å². The summed E-state index contributed by atoms with van der Waals surface area (Å²) in [7, 11) is 0.603. The van der Waals surface area contributed by atoms with Crippen molar-refractivity contribution >= 4 is 19.2 Å². The number of benzene rings is 2. The van der Waals surface area contributed by atoms with Crippen LogP contribution in [-0.2, 0) is 6.54 Å². The minimum absolute atomic E-state index is 0.466. The molecule has 0 aromatic heterocycles. The summed E-state index contributed by atoms with van der Waals surface area (Å²) in [5.41, 5.74) is 3.97. The second kappa shape index (κ2) is 9.88. The molecule has 0 fully saturated rings. The molecule has 2 atom stereocenters. The molecular weight excluding hydrogens is 349 g/mol. The van der Waals surface area contributed by atoms with Crippen LogP contribution in [0.2, 0.25) is 0 Å². The Balaban J connectivity index is 1.82. The van der Waals surface area contributed by atoms with Gasteiger partial charge in [-0.3, -0.25) is 0 Å². The molecule has 1 aliphatic carbocycles. The highest BCUT2D eigenvalue weighted by Crippen LogP contribution is 2.26. The van der Waals surface area contributed by atoms with Gasteiger partial charge in [-0.25, -0.2) is 0 Å². The van der Waals surface area contributed by atoms with Gasteiger partial charge in [0.2, 0.25) is 0 Å². The first kappa shape index (κ1) is 19.9. The molecule has 1 N–H and O–H groups in total. The molecule has 2 unspecified atom stereocenters. The lowest BCUT2D eigenvalue weighted by molar-refractivity contribution is 0.276. The Morgan fingerprint density at radius 3 is 2.67 bits per heavy atom. The van der Waals surface area contributed by atoms with Crippen LogP contribution in [0.15, 0.2) is 60.7 Å². The second-order valence-electron chi connectivity index (χ2n) is 7.09. The van der Waals surface area contributed by atoms with Crippen molar-refractivity contribution in [1.82, 2.24) is 5.32 Å². The summed E-state index contributed by atoms with van der Waals surface area (Å²) in [6.45, 7) is 9.16. The summed E-state index contributed by atoms with van der Waals surface area (Å²) in [6, 6.07) is 13.1. The third-order valence-corrected chi connectivity index (χ3v) is 6.54. The van der Waals surface area contributed by atoms with Gasteiger partial charge in [0.05, 0.1) is 6.61 Å². The van der Waals surface area contributed by atoms with Gasteiger partial charge in [-0.15, -0.1) is 0 Å². The maximum atomic E-state index is 6.35. The highest BCUT2D eigenvalue weighted by Gasteiger charge is 2.14. The maximum absolute atomic E-state index is 6.35. The van der Waals surface area contributed by atoms with E-state index in [-0.39, 0.29) is 0 Å². The second-order valence-corrected chi connectivity index (χ2v) is 8.37. The molecule has 0 bridgehead atoms. The fourth-order valence-corrected chi connectivity index (χ4v) is 4.78. The van der Waals surface area contributed by atoms with E-state index in [2.05, 4.69) is 86.8 Å². The van der Waals surface area contributed by atoms with Gasteiger partial charge >= 0.3 is 0 Å². The van der Waals surface area contributed by atoms with E-state index >= 15 is 0 Å². The fourth-order valence-electron chi connectivity index (χ4n) is 3.34. The van der Waals surface area contributed by atoms with E-state index in [1.165, 1.54) is 27.3 Å². The molecule has 0 saturated heterocycles. The van der Waals surface area contributed by atoms with E-state index in [1.54, 1.807) is 0 Å². The molecule has 0 aliphatic heterocycles. The van der Waals surface area contributed by atoms with Gasteiger partial charge in [0.1, 0.15) is 5.75 Å². The van der Waals surface area contributed by atoms with Crippen LogP contribution in [0, 0.1) is 19.8 Å². The zero-order valence-electron chi connectivity index (χ0n) is 16.6. The van der Waals surface area contributed by atoms with Crippen molar-refractivity contribution in [3.63, 3.8) is 0 Å². The lowest BCUT2D eigenvalue weighted by Gasteiger charge is -2.20. The van der Waals surface area contributed by atoms with Gasteiger partial charge in [0.15, 0.2) is 0 Å². The van der Waals surface area contributed by atoms with Crippen molar-refractivity contribution in [3.8, 4) is 5.75 Å². The van der Waals surface area contributed by atoms with Crippen molar-refractivity contribution in [3.05, 3.63) is 77.4 Å². The van der Waals surface area contributed by atoms with Gasteiger partial charge in [-0.1, -0.05) is 76.2 Å². The molecule has 0 radical (unpaired) electrons. The van der Waals surface area contributed by atoms with Crippen LogP contribution in [0.3, 0.4) is 0 Å². The molecule has 3 heteroatoms. The molecule has 2 aromatic carbocycles. The van der Waals surface area contributed by atoms with Crippen LogP contribution in [0.5, 0.6) is 5.75 Å². The predicted octanol–water partition coefficient (Wildman–Crippen LogP) is 4.55. The Morgan fingerprint density at radius 2 is 1.89 bits per heavy atom. The standard InChI is InChI=1S/C24H30NOP/c1-4-25-16-21-14-8-11-19(3)24(21)27-22-15-9-10-18(2)23(22)26-17-20-12-6-5-7-13-20/h5-12,14-15,20,25,27H,4,13,16-17H2,1-3H3. The number of nitrogens with one attached hydrogen (secondary N) is 1. The van der Waals surface area contributed by atoms with Crippen molar-refractivity contribution in [2.24, 2.45) is 5.92 Å². The molecule has 0 saturated carbocycles. The summed E-state index contributed by atoms with van der Waals surface area (Å²) in [4.78, 5) is 0. The predicted molar refractivity (Wildman–Crippen MR) is 119 cm³/mol. The van der Waals surface area contributed by atoms with Crippen LogP contribution in [0.4, 0.5) is 0 Å². The lowest BCUT2D eigenvalue weighted by atomic mass is 10.0. The zero-order valence-corrected chi connectivity index (χ0v) is 17.6. The fraction of sp³-hybridized carbons (Fsp3) is 0.333. The minimum Gasteiger partial charge on any atom is -0.492 e. The third-order valence-electron chi connectivity index (χ3n) is 4.91. The highest BCUT2D eigenvalue weighted by molar-refractivity contribution is 7.56. The molecule has 2 nitrogen and oxygen atoms in total. The summed E-state index contributed by atoms with van der Waals surface area (Å²) in [5, 5.41) is 6.21. The van der Waals surface area contributed by atoms with Gasteiger partial charge in [0, 0.05) is 17.8 Å². The number of hydrogen-bond donors (Lipinski definition) is 1. The van der Waals surface area contributed by atoms with Crippen molar-refractivity contribution < 1.29 is 4.74 Å². The monoisotopic (exact) mass is 379 g/mol. The van der Waals surface area contributed by atoms with Crippen LogP contribution in [-0.4, -0.2) is 13.2 Å². The molecule has 0 heterocycles. The largest absolute Gasteiger partial charge is 0.492 e. The first-order valence-electron chi connectivity index (χ1n) is 9.81.